The van der Waals surface area contributed by atoms with Gasteiger partial charge < -0.3 is 5.32 Å². The first-order valence-corrected chi connectivity index (χ1v) is 9.40. The van der Waals surface area contributed by atoms with Gasteiger partial charge in [-0.2, -0.15) is 5.10 Å². The molecule has 0 aliphatic heterocycles. The van der Waals surface area contributed by atoms with E-state index < -0.39 is 0 Å². The lowest BCUT2D eigenvalue weighted by atomic mass is 10.0. The van der Waals surface area contributed by atoms with E-state index in [1.54, 1.807) is 29.1 Å². The minimum Gasteiger partial charge on any atom is -0.324 e. The summed E-state index contributed by atoms with van der Waals surface area (Å²) in [6.45, 7) is 1.95. The molecule has 4 aromatic rings. The zero-order chi connectivity index (χ0) is 19.7. The van der Waals surface area contributed by atoms with Crippen molar-refractivity contribution in [3.8, 4) is 11.1 Å². The molecule has 0 unspecified atom stereocenters. The predicted octanol–water partition coefficient (Wildman–Crippen LogP) is 5.35. The van der Waals surface area contributed by atoms with Gasteiger partial charge in [0.05, 0.1) is 5.69 Å². The zero-order valence-electron chi connectivity index (χ0n) is 15.0. The lowest BCUT2D eigenvalue weighted by Crippen LogP contribution is -2.19. The third kappa shape index (κ3) is 3.72. The van der Waals surface area contributed by atoms with Gasteiger partial charge in [-0.05, 0) is 42.3 Å². The Hall–Kier alpha value is -2.89. The Labute approximate surface area is 171 Å². The Balaban J connectivity index is 1.65. The molecule has 1 amide bonds. The molecule has 0 aliphatic carbocycles. The van der Waals surface area contributed by atoms with Crippen LogP contribution >= 0.6 is 23.2 Å². The first kappa shape index (κ1) is 18.5. The zero-order valence-corrected chi connectivity index (χ0v) is 16.5. The maximum Gasteiger partial charge on any atom is 0.246 e. The summed E-state index contributed by atoms with van der Waals surface area (Å²) >= 11 is 12.0. The minimum absolute atomic E-state index is 0.0275. The van der Waals surface area contributed by atoms with Crippen LogP contribution in [0.5, 0.6) is 0 Å². The number of carbonyl (C=O) groups excluding carboxylic acids is 1. The molecule has 0 saturated carbocycles. The smallest absolute Gasteiger partial charge is 0.246 e. The quantitative estimate of drug-likeness (QED) is 0.492. The molecule has 0 atom stereocenters. The second-order valence-corrected chi connectivity index (χ2v) is 7.25. The van der Waals surface area contributed by atoms with Crippen molar-refractivity contribution in [3.63, 3.8) is 0 Å². The monoisotopic (exact) mass is 410 g/mol. The van der Waals surface area contributed by atoms with Crippen LogP contribution in [-0.4, -0.2) is 20.7 Å². The molecule has 2 aromatic carbocycles. The summed E-state index contributed by atoms with van der Waals surface area (Å²) < 4.78 is 1.61. The van der Waals surface area contributed by atoms with Crippen LogP contribution in [0, 0.1) is 6.92 Å². The number of nitrogens with zero attached hydrogens (tertiary/aromatic N) is 3. The van der Waals surface area contributed by atoms with Crippen LogP contribution in [0.1, 0.15) is 5.69 Å². The number of halogens is 2. The number of amides is 1. The fourth-order valence-electron chi connectivity index (χ4n) is 3.21. The van der Waals surface area contributed by atoms with E-state index >= 15 is 0 Å². The van der Waals surface area contributed by atoms with E-state index in [2.05, 4.69) is 15.4 Å². The Bertz CT molecular complexity index is 1150. The second kappa shape index (κ2) is 7.62. The minimum atomic E-state index is -0.241. The molecule has 0 fully saturated rings. The van der Waals surface area contributed by atoms with E-state index in [4.69, 9.17) is 23.2 Å². The van der Waals surface area contributed by atoms with Gasteiger partial charge in [0, 0.05) is 27.3 Å². The molecule has 0 saturated heterocycles. The highest BCUT2D eigenvalue weighted by atomic mass is 35.5. The number of pyridine rings is 1. The van der Waals surface area contributed by atoms with Crippen molar-refractivity contribution in [1.82, 2.24) is 14.8 Å². The lowest BCUT2D eigenvalue weighted by Gasteiger charge is -2.08. The van der Waals surface area contributed by atoms with Gasteiger partial charge in [0.15, 0.2) is 5.65 Å². The van der Waals surface area contributed by atoms with Gasteiger partial charge in [-0.3, -0.25) is 4.79 Å². The van der Waals surface area contributed by atoms with E-state index in [9.17, 15) is 4.79 Å². The molecule has 2 heterocycles. The van der Waals surface area contributed by atoms with Crippen LogP contribution in [0.3, 0.4) is 0 Å². The number of hydrogen-bond donors (Lipinski definition) is 1. The van der Waals surface area contributed by atoms with Gasteiger partial charge >= 0.3 is 0 Å². The fourth-order valence-corrected chi connectivity index (χ4v) is 3.74. The molecule has 0 spiro atoms. The van der Waals surface area contributed by atoms with Crippen LogP contribution in [0.2, 0.25) is 10.0 Å². The van der Waals surface area contributed by atoms with Crippen molar-refractivity contribution in [2.45, 2.75) is 13.5 Å². The molecular weight excluding hydrogens is 395 g/mol. The Kier molecular flexibility index (Phi) is 5.03. The maximum absolute atomic E-state index is 12.5. The molecule has 2 aromatic heterocycles. The number of rotatable bonds is 4. The van der Waals surface area contributed by atoms with Crippen LogP contribution in [0.25, 0.3) is 22.2 Å². The number of aromatic nitrogens is 3. The Morgan fingerprint density at radius 2 is 1.79 bits per heavy atom. The van der Waals surface area contributed by atoms with Crippen LogP contribution in [0.15, 0.2) is 60.8 Å². The normalized spacial score (nSPS) is 11.0. The Morgan fingerprint density at radius 3 is 2.50 bits per heavy atom. The summed E-state index contributed by atoms with van der Waals surface area (Å²) in [5.41, 5.74) is 4.14. The number of fused-ring (bicyclic) bond motifs is 1. The van der Waals surface area contributed by atoms with Gasteiger partial charge in [0.1, 0.15) is 6.54 Å². The average Bonchev–Trinajstić information content (AvgIpc) is 2.97. The highest BCUT2D eigenvalue weighted by Gasteiger charge is 2.16. The van der Waals surface area contributed by atoms with Crippen molar-refractivity contribution in [3.05, 3.63) is 76.5 Å². The summed E-state index contributed by atoms with van der Waals surface area (Å²) in [6.07, 6.45) is 1.73. The average molecular weight is 411 g/mol. The molecule has 0 bridgehead atoms. The number of carbonyl (C=O) groups is 1. The predicted molar refractivity (Wildman–Crippen MR) is 113 cm³/mol. The topological polar surface area (TPSA) is 59.8 Å². The van der Waals surface area contributed by atoms with Crippen molar-refractivity contribution >= 4 is 45.8 Å². The van der Waals surface area contributed by atoms with Gasteiger partial charge in [-0.1, -0.05) is 53.5 Å². The molecule has 4 rings (SSSR count). The number of nitrogens with one attached hydrogen (secondary N) is 1. The summed E-state index contributed by atoms with van der Waals surface area (Å²) in [6, 6.07) is 16.9. The van der Waals surface area contributed by atoms with Crippen LogP contribution in [0.4, 0.5) is 5.69 Å². The molecular formula is C21H16Cl2N4O. The summed E-state index contributed by atoms with van der Waals surface area (Å²) in [5.74, 6) is -0.241. The second-order valence-electron chi connectivity index (χ2n) is 6.37. The fraction of sp³-hybridized carbons (Fsp3) is 0.0952. The lowest BCUT2D eigenvalue weighted by molar-refractivity contribution is -0.116. The van der Waals surface area contributed by atoms with Crippen LogP contribution < -0.4 is 5.32 Å². The third-order valence-corrected chi connectivity index (χ3v) is 4.77. The molecule has 0 aliphatic rings. The summed E-state index contributed by atoms with van der Waals surface area (Å²) in [5, 5.41) is 9.18. The van der Waals surface area contributed by atoms with Crippen molar-refractivity contribution in [2.24, 2.45) is 0 Å². The molecule has 28 heavy (non-hydrogen) atoms. The van der Waals surface area contributed by atoms with E-state index in [0.29, 0.717) is 21.4 Å². The van der Waals surface area contributed by atoms with Crippen molar-refractivity contribution in [2.75, 3.05) is 5.32 Å². The van der Waals surface area contributed by atoms with E-state index in [0.717, 1.165) is 22.2 Å². The SMILES string of the molecule is Cc1nn(CC(=O)Nc2cc(Cl)cc(Cl)c2)c2nccc(-c3ccccc3)c12. The molecule has 7 heteroatoms. The first-order valence-electron chi connectivity index (χ1n) is 8.65. The van der Waals surface area contributed by atoms with Crippen molar-refractivity contribution < 1.29 is 4.79 Å². The Morgan fingerprint density at radius 1 is 1.07 bits per heavy atom. The number of benzene rings is 2. The molecule has 5 nitrogen and oxygen atoms in total. The number of aryl methyl sites for hydroxylation is 1. The number of anilines is 1. The highest BCUT2D eigenvalue weighted by molar-refractivity contribution is 6.35. The first-order chi connectivity index (χ1) is 13.5. The van der Waals surface area contributed by atoms with Gasteiger partial charge in [0.2, 0.25) is 5.91 Å². The molecule has 140 valence electrons. The van der Waals surface area contributed by atoms with E-state index in [1.165, 1.54) is 0 Å². The van der Waals surface area contributed by atoms with E-state index in [1.807, 2.05) is 43.3 Å². The highest BCUT2D eigenvalue weighted by Crippen LogP contribution is 2.29. The summed E-state index contributed by atoms with van der Waals surface area (Å²) in [4.78, 5) is 17.0. The van der Waals surface area contributed by atoms with Crippen LogP contribution in [-0.2, 0) is 11.3 Å². The third-order valence-electron chi connectivity index (χ3n) is 4.33. The largest absolute Gasteiger partial charge is 0.324 e. The molecule has 1 N–H and O–H groups in total. The van der Waals surface area contributed by atoms with Crippen molar-refractivity contribution in [1.29, 1.82) is 0 Å². The van der Waals surface area contributed by atoms with Gasteiger partial charge in [-0.25, -0.2) is 9.67 Å². The van der Waals surface area contributed by atoms with Gasteiger partial charge in [0.25, 0.3) is 0 Å². The standard InChI is InChI=1S/C21H16Cl2N4O/c1-13-20-18(14-5-3-2-4-6-14)7-8-24-21(20)27(26-13)12-19(28)25-17-10-15(22)9-16(23)11-17/h2-11H,12H2,1H3,(H,25,28). The number of hydrogen-bond acceptors (Lipinski definition) is 3. The van der Waals surface area contributed by atoms with E-state index in [-0.39, 0.29) is 12.5 Å². The maximum atomic E-state index is 12.5. The molecule has 0 radical (unpaired) electrons. The van der Waals surface area contributed by atoms with Gasteiger partial charge in [-0.15, -0.1) is 0 Å². The summed E-state index contributed by atoms with van der Waals surface area (Å²) in [7, 11) is 0.